The number of furan rings is 1. The van der Waals surface area contributed by atoms with Crippen molar-refractivity contribution in [1.82, 2.24) is 0 Å². The molecule has 0 aliphatic heterocycles. The number of hydrogen-bond acceptors (Lipinski definition) is 2. The minimum atomic E-state index is -1.15. The van der Waals surface area contributed by atoms with Crippen LogP contribution in [0.1, 0.15) is 59.7 Å². The van der Waals surface area contributed by atoms with Gasteiger partial charge < -0.3 is 9.52 Å². The van der Waals surface area contributed by atoms with Crippen molar-refractivity contribution < 1.29 is 18.7 Å². The fraction of sp³-hybridized carbons (Fsp3) is 0.207. The number of hydrogen-bond donors (Lipinski definition) is 1. The molecule has 1 N–H and O–H groups in total. The third-order valence-electron chi connectivity index (χ3n) is 5.90. The van der Waals surface area contributed by atoms with Crippen LogP contribution in [0.15, 0.2) is 65.1 Å². The monoisotopic (exact) mass is 568 g/mol. The fourth-order valence-electron chi connectivity index (χ4n) is 4.06. The average Bonchev–Trinajstić information content (AvgIpc) is 3.27. The van der Waals surface area contributed by atoms with Crippen LogP contribution in [0.4, 0.5) is 4.39 Å². The second kappa shape index (κ2) is 11.0. The maximum atomic E-state index is 13.4. The zero-order chi connectivity index (χ0) is 24.1. The van der Waals surface area contributed by atoms with Gasteiger partial charge >= 0.3 is 5.97 Å². The highest BCUT2D eigenvalue weighted by Crippen LogP contribution is 2.32. The van der Waals surface area contributed by atoms with Crippen molar-refractivity contribution in [3.05, 3.63) is 92.3 Å². The first kappa shape index (κ1) is 24.2. The van der Waals surface area contributed by atoms with Crippen LogP contribution in [0.2, 0.25) is 0 Å². The molecule has 4 aromatic rings. The molecular weight excluding hydrogens is 542 g/mol. The Balaban J connectivity index is 1.58. The van der Waals surface area contributed by atoms with Crippen molar-refractivity contribution in [2.75, 3.05) is 0 Å². The molecule has 3 aromatic carbocycles. The number of unbranched alkanes of at least 4 members (excludes halogenated alkanes) is 3. The largest absolute Gasteiger partial charge is 0.478 e. The van der Waals surface area contributed by atoms with E-state index in [1.807, 2.05) is 18.2 Å². The van der Waals surface area contributed by atoms with Gasteiger partial charge in [0.2, 0.25) is 0 Å². The third kappa shape index (κ3) is 5.58. The van der Waals surface area contributed by atoms with E-state index in [-0.39, 0.29) is 5.56 Å². The van der Waals surface area contributed by atoms with Crippen molar-refractivity contribution in [3.8, 4) is 11.3 Å². The summed E-state index contributed by atoms with van der Waals surface area (Å²) in [6, 6.07) is 18.2. The highest BCUT2D eigenvalue weighted by atomic mass is 127. The number of aromatic carboxylic acids is 1. The Bertz CT molecular complexity index is 1350. The first-order valence-electron chi connectivity index (χ1n) is 11.5. The minimum absolute atomic E-state index is 0.0596. The highest BCUT2D eigenvalue weighted by molar-refractivity contribution is 14.1. The number of halogens is 2. The Kier molecular flexibility index (Phi) is 7.83. The molecule has 0 bridgehead atoms. The maximum Gasteiger partial charge on any atom is 0.336 e. The van der Waals surface area contributed by atoms with Crippen LogP contribution in [0.25, 0.3) is 34.4 Å². The predicted molar refractivity (Wildman–Crippen MR) is 145 cm³/mol. The third-order valence-corrected chi connectivity index (χ3v) is 6.83. The Hall–Kier alpha value is -2.93. The standard InChI is InChI=1S/C29H26FIO3/c1-2-3-4-5-7-21-8-6-9-23-17-27(34-28(21)23)22-13-12-20(26(31)16-22)11-10-19-14-15-24(30)18-25(19)29(32)33/h6,8-18H,2-5,7H2,1H3,(H,32,33). The SMILES string of the molecule is CCCCCCc1cccc2cc(-c3ccc(C=Cc4ccc(F)cc4C(=O)O)c(I)c3)oc12. The summed E-state index contributed by atoms with van der Waals surface area (Å²) in [4.78, 5) is 11.4. The summed E-state index contributed by atoms with van der Waals surface area (Å²) >= 11 is 2.26. The van der Waals surface area contributed by atoms with E-state index in [1.54, 1.807) is 6.08 Å². The van der Waals surface area contributed by atoms with Gasteiger partial charge in [-0.15, -0.1) is 0 Å². The molecule has 174 valence electrons. The molecule has 0 aliphatic rings. The van der Waals surface area contributed by atoms with Crippen molar-refractivity contribution >= 4 is 51.7 Å². The molecule has 0 aliphatic carbocycles. The van der Waals surface area contributed by atoms with Gasteiger partial charge in [-0.3, -0.25) is 0 Å². The summed E-state index contributed by atoms with van der Waals surface area (Å²) in [6.45, 7) is 2.22. The first-order valence-corrected chi connectivity index (χ1v) is 12.6. The van der Waals surface area contributed by atoms with Gasteiger partial charge in [0.15, 0.2) is 0 Å². The number of aryl methyl sites for hydroxylation is 1. The van der Waals surface area contributed by atoms with E-state index in [9.17, 15) is 14.3 Å². The Morgan fingerprint density at radius 2 is 1.79 bits per heavy atom. The molecule has 0 amide bonds. The smallest absolute Gasteiger partial charge is 0.336 e. The van der Waals surface area contributed by atoms with Crippen LogP contribution in [-0.4, -0.2) is 11.1 Å². The molecular formula is C29H26FIO3. The molecule has 0 unspecified atom stereocenters. The van der Waals surface area contributed by atoms with Crippen LogP contribution < -0.4 is 0 Å². The van der Waals surface area contributed by atoms with Crippen LogP contribution >= 0.6 is 22.6 Å². The number of carboxylic acid groups (broad SMARTS) is 1. The molecule has 3 nitrogen and oxygen atoms in total. The van der Waals surface area contributed by atoms with Gasteiger partial charge in [-0.1, -0.05) is 74.7 Å². The zero-order valence-corrected chi connectivity index (χ0v) is 21.1. The second-order valence-corrected chi connectivity index (χ2v) is 9.53. The topological polar surface area (TPSA) is 50.4 Å². The quantitative estimate of drug-likeness (QED) is 0.125. The fourth-order valence-corrected chi connectivity index (χ4v) is 4.75. The Morgan fingerprint density at radius 1 is 1.00 bits per heavy atom. The number of rotatable bonds is 9. The minimum Gasteiger partial charge on any atom is -0.478 e. The Labute approximate surface area is 212 Å². The maximum absolute atomic E-state index is 13.4. The lowest BCUT2D eigenvalue weighted by atomic mass is 10.0. The molecule has 0 saturated carbocycles. The molecule has 0 spiro atoms. The van der Waals surface area contributed by atoms with Gasteiger partial charge in [-0.05, 0) is 76.4 Å². The van der Waals surface area contributed by atoms with Crippen LogP contribution in [-0.2, 0) is 6.42 Å². The summed E-state index contributed by atoms with van der Waals surface area (Å²) in [5.74, 6) is -0.890. The molecule has 0 atom stereocenters. The number of carboxylic acids is 1. The van der Waals surface area contributed by atoms with E-state index in [0.29, 0.717) is 5.56 Å². The van der Waals surface area contributed by atoms with E-state index < -0.39 is 11.8 Å². The van der Waals surface area contributed by atoms with Crippen LogP contribution in [0.5, 0.6) is 0 Å². The van der Waals surface area contributed by atoms with Gasteiger partial charge in [0.25, 0.3) is 0 Å². The van der Waals surface area contributed by atoms with Crippen molar-refractivity contribution in [2.24, 2.45) is 0 Å². The van der Waals surface area contributed by atoms with Gasteiger partial charge in [0.1, 0.15) is 17.2 Å². The second-order valence-electron chi connectivity index (χ2n) is 8.36. The number of para-hydroxylation sites is 1. The zero-order valence-electron chi connectivity index (χ0n) is 19.0. The molecule has 0 saturated heterocycles. The average molecular weight is 568 g/mol. The summed E-state index contributed by atoms with van der Waals surface area (Å²) in [7, 11) is 0. The number of benzene rings is 3. The number of carbonyl (C=O) groups is 1. The molecule has 1 aromatic heterocycles. The first-order chi connectivity index (χ1) is 16.5. The lowest BCUT2D eigenvalue weighted by Gasteiger charge is -2.04. The summed E-state index contributed by atoms with van der Waals surface area (Å²) in [5.41, 5.74) is 4.54. The molecule has 0 fully saturated rings. The van der Waals surface area contributed by atoms with Gasteiger partial charge in [-0.2, -0.15) is 0 Å². The normalized spacial score (nSPS) is 11.5. The van der Waals surface area contributed by atoms with Gasteiger partial charge in [0, 0.05) is 14.5 Å². The van der Waals surface area contributed by atoms with E-state index in [4.69, 9.17) is 4.42 Å². The van der Waals surface area contributed by atoms with Crippen molar-refractivity contribution in [1.29, 1.82) is 0 Å². The summed E-state index contributed by atoms with van der Waals surface area (Å²) in [5, 5.41) is 10.5. The van der Waals surface area contributed by atoms with E-state index in [0.717, 1.165) is 43.9 Å². The summed E-state index contributed by atoms with van der Waals surface area (Å²) in [6.07, 6.45) is 9.46. The van der Waals surface area contributed by atoms with Crippen molar-refractivity contribution in [2.45, 2.75) is 39.0 Å². The molecule has 0 radical (unpaired) electrons. The van der Waals surface area contributed by atoms with E-state index >= 15 is 0 Å². The molecule has 1 heterocycles. The lowest BCUT2D eigenvalue weighted by molar-refractivity contribution is 0.0696. The van der Waals surface area contributed by atoms with Crippen molar-refractivity contribution in [3.63, 3.8) is 0 Å². The van der Waals surface area contributed by atoms with E-state index in [1.165, 1.54) is 43.4 Å². The molecule has 4 rings (SSSR count). The van der Waals surface area contributed by atoms with Gasteiger partial charge in [0.05, 0.1) is 5.56 Å². The highest BCUT2D eigenvalue weighted by Gasteiger charge is 2.12. The predicted octanol–water partition coefficient (Wildman–Crippen LogP) is 8.83. The van der Waals surface area contributed by atoms with E-state index in [2.05, 4.69) is 59.8 Å². The molecule has 34 heavy (non-hydrogen) atoms. The van der Waals surface area contributed by atoms with Crippen LogP contribution in [0.3, 0.4) is 0 Å². The number of fused-ring (bicyclic) bond motifs is 1. The molecule has 5 heteroatoms. The van der Waals surface area contributed by atoms with Gasteiger partial charge in [-0.25, -0.2) is 9.18 Å². The van der Waals surface area contributed by atoms with Crippen LogP contribution in [0, 0.1) is 9.39 Å². The Morgan fingerprint density at radius 3 is 2.56 bits per heavy atom. The summed E-state index contributed by atoms with van der Waals surface area (Å²) < 4.78 is 20.7. The lowest BCUT2D eigenvalue weighted by Crippen LogP contribution is -2.00.